The molecule has 0 saturated carbocycles. The number of piperazine rings is 1. The number of pyridine rings is 1. The molecular weight excluding hydrogens is 553 g/mol. The van der Waals surface area contributed by atoms with Gasteiger partial charge in [0, 0.05) is 74.6 Å². The van der Waals surface area contributed by atoms with E-state index >= 15 is 0 Å². The summed E-state index contributed by atoms with van der Waals surface area (Å²) >= 11 is -2.64. The Morgan fingerprint density at radius 3 is 2.67 bits per heavy atom. The molecule has 1 atom stereocenters. The number of ether oxygens (including phenoxy) is 1. The maximum absolute atomic E-state index is 13.7. The normalized spacial score (nSPS) is 14.4. The second kappa shape index (κ2) is 12.4. The quantitative estimate of drug-likeness (QED) is 0.323. The zero-order valence-corrected chi connectivity index (χ0v) is 22.3. The second-order valence-corrected chi connectivity index (χ2v) is 9.57. The van der Waals surface area contributed by atoms with Crippen LogP contribution in [0, 0.1) is 0 Å². The van der Waals surface area contributed by atoms with Crippen molar-refractivity contribution in [2.45, 2.75) is 12.7 Å². The van der Waals surface area contributed by atoms with Crippen LogP contribution in [0.4, 0.5) is 36.4 Å². The molecule has 4 rings (SSSR count). The van der Waals surface area contributed by atoms with Crippen molar-refractivity contribution >= 4 is 40.4 Å². The molecule has 3 heterocycles. The van der Waals surface area contributed by atoms with Crippen molar-refractivity contribution in [2.75, 3.05) is 55.3 Å². The predicted octanol–water partition coefficient (Wildman–Crippen LogP) is 2.53. The topological polar surface area (TPSA) is 148 Å². The molecule has 2 aromatic heterocycles. The van der Waals surface area contributed by atoms with Gasteiger partial charge >= 0.3 is 6.18 Å². The van der Waals surface area contributed by atoms with Gasteiger partial charge in [-0.15, -0.1) is 0 Å². The van der Waals surface area contributed by atoms with Gasteiger partial charge < -0.3 is 30.1 Å². The average Bonchev–Trinajstić information content (AvgIpc) is 2.95. The number of amides is 1. The Morgan fingerprint density at radius 2 is 2.00 bits per heavy atom. The second-order valence-electron chi connectivity index (χ2n) is 8.59. The standard InChI is InChI=1S/C24H27F3N8O4S/c1-34(40(37)38)21-16(4-3-7-29-21)13-30-20-17(24(25,26)27)14-31-23(33-20)32-18-6-5-15(12-19(18)39-2)22(36)35-10-8-28-9-11-35/h3-7,12,14,28H,8-11,13H2,1-2H3,(H,37,38)(H2,30,31,32,33)/p-1. The molecule has 0 radical (unpaired) electrons. The summed E-state index contributed by atoms with van der Waals surface area (Å²) in [5, 5.41) is 8.64. The first-order valence-electron chi connectivity index (χ1n) is 12.0. The molecule has 1 aliphatic rings. The van der Waals surface area contributed by atoms with Gasteiger partial charge in [-0.3, -0.25) is 13.3 Å². The van der Waals surface area contributed by atoms with Crippen molar-refractivity contribution in [3.8, 4) is 5.75 Å². The van der Waals surface area contributed by atoms with E-state index in [0.717, 1.165) is 4.31 Å². The number of nitrogens with one attached hydrogen (secondary N) is 3. The first-order valence-corrected chi connectivity index (χ1v) is 13.0. The Labute approximate surface area is 230 Å². The largest absolute Gasteiger partial charge is 0.755 e. The highest BCUT2D eigenvalue weighted by Gasteiger charge is 2.35. The third-order valence-corrected chi connectivity index (χ3v) is 6.65. The fourth-order valence-electron chi connectivity index (χ4n) is 3.98. The maximum atomic E-state index is 13.7. The van der Waals surface area contributed by atoms with Crippen LogP contribution < -0.4 is 25.0 Å². The minimum Gasteiger partial charge on any atom is -0.755 e. The lowest BCUT2D eigenvalue weighted by atomic mass is 10.1. The lowest BCUT2D eigenvalue weighted by molar-refractivity contribution is -0.137. The van der Waals surface area contributed by atoms with Crippen LogP contribution in [-0.4, -0.2) is 74.9 Å². The SMILES string of the molecule is COc1cc(C(=O)N2CCNCC2)ccc1Nc1ncc(C(F)(F)F)c(NCc2cccnc2N(C)S(=O)[O-])n1. The van der Waals surface area contributed by atoms with E-state index in [0.29, 0.717) is 49.2 Å². The van der Waals surface area contributed by atoms with Crippen LogP contribution in [-0.2, 0) is 24.0 Å². The molecule has 1 aliphatic heterocycles. The average molecular weight is 580 g/mol. The lowest BCUT2D eigenvalue weighted by Crippen LogP contribution is -2.46. The highest BCUT2D eigenvalue weighted by molar-refractivity contribution is 7.80. The summed E-state index contributed by atoms with van der Waals surface area (Å²) in [5.74, 6) is -0.545. The van der Waals surface area contributed by atoms with Gasteiger partial charge in [-0.1, -0.05) is 6.07 Å². The van der Waals surface area contributed by atoms with Crippen LogP contribution in [0.2, 0.25) is 0 Å². The summed E-state index contributed by atoms with van der Waals surface area (Å²) < 4.78 is 70.2. The molecule has 12 nitrogen and oxygen atoms in total. The van der Waals surface area contributed by atoms with E-state index in [4.69, 9.17) is 4.74 Å². The van der Waals surface area contributed by atoms with Crippen molar-refractivity contribution in [2.24, 2.45) is 0 Å². The number of hydrogen-bond acceptors (Lipinski definition) is 10. The number of anilines is 4. The first kappa shape index (κ1) is 29.0. The molecule has 3 aromatic rings. The van der Waals surface area contributed by atoms with Gasteiger partial charge in [0.25, 0.3) is 5.91 Å². The fourth-order valence-corrected chi connectivity index (χ4v) is 4.29. The van der Waals surface area contributed by atoms with Crippen molar-refractivity contribution < 1.29 is 31.5 Å². The number of carbonyl (C=O) groups is 1. The Kier molecular flexibility index (Phi) is 9.01. The Hall–Kier alpha value is -4.02. The molecule has 1 amide bonds. The van der Waals surface area contributed by atoms with E-state index in [9.17, 15) is 26.7 Å². The summed E-state index contributed by atoms with van der Waals surface area (Å²) in [5.41, 5.74) is -0.0644. The maximum Gasteiger partial charge on any atom is 0.421 e. The summed E-state index contributed by atoms with van der Waals surface area (Å²) in [7, 11) is 2.66. The number of nitrogens with zero attached hydrogens (tertiary/aromatic N) is 5. The third-order valence-electron chi connectivity index (χ3n) is 6.03. The molecule has 0 aliphatic carbocycles. The van der Waals surface area contributed by atoms with Gasteiger partial charge in [-0.2, -0.15) is 18.2 Å². The molecule has 0 bridgehead atoms. The van der Waals surface area contributed by atoms with E-state index in [-0.39, 0.29) is 30.0 Å². The van der Waals surface area contributed by atoms with E-state index in [1.54, 1.807) is 17.0 Å². The summed E-state index contributed by atoms with van der Waals surface area (Å²) in [4.78, 5) is 26.4. The predicted molar refractivity (Wildman–Crippen MR) is 141 cm³/mol. The Balaban J connectivity index is 1.58. The summed E-state index contributed by atoms with van der Waals surface area (Å²) in [6, 6.07) is 7.74. The number of rotatable bonds is 9. The van der Waals surface area contributed by atoms with Gasteiger partial charge in [0.2, 0.25) is 5.95 Å². The van der Waals surface area contributed by atoms with Crippen LogP contribution >= 0.6 is 0 Å². The van der Waals surface area contributed by atoms with Crippen LogP contribution in [0.15, 0.2) is 42.7 Å². The number of methoxy groups -OCH3 is 1. The third kappa shape index (κ3) is 6.75. The summed E-state index contributed by atoms with van der Waals surface area (Å²) in [6.07, 6.45) is -2.77. The Morgan fingerprint density at radius 1 is 1.25 bits per heavy atom. The van der Waals surface area contributed by atoms with Gasteiger partial charge in [0.1, 0.15) is 22.9 Å². The highest BCUT2D eigenvalue weighted by atomic mass is 32.2. The van der Waals surface area contributed by atoms with Gasteiger partial charge in [0.05, 0.1) is 12.8 Å². The van der Waals surface area contributed by atoms with Crippen molar-refractivity contribution in [3.63, 3.8) is 0 Å². The van der Waals surface area contributed by atoms with Crippen LogP contribution in [0.1, 0.15) is 21.5 Å². The number of aromatic nitrogens is 3. The van der Waals surface area contributed by atoms with Crippen molar-refractivity contribution in [1.82, 2.24) is 25.2 Å². The van der Waals surface area contributed by atoms with E-state index in [1.165, 1.54) is 38.6 Å². The molecule has 3 N–H and O–H groups in total. The lowest BCUT2D eigenvalue weighted by Gasteiger charge is -2.27. The smallest absolute Gasteiger partial charge is 0.421 e. The Bertz CT molecular complexity index is 1390. The highest BCUT2D eigenvalue weighted by Crippen LogP contribution is 2.35. The molecular formula is C24H26F3N8O4S-. The molecule has 1 aromatic carbocycles. The summed E-state index contributed by atoms with van der Waals surface area (Å²) in [6.45, 7) is 2.32. The van der Waals surface area contributed by atoms with Crippen molar-refractivity contribution in [3.05, 3.63) is 59.4 Å². The fraction of sp³-hybridized carbons (Fsp3) is 0.333. The van der Waals surface area contributed by atoms with Crippen molar-refractivity contribution in [1.29, 1.82) is 0 Å². The molecule has 0 spiro atoms. The molecule has 214 valence electrons. The van der Waals surface area contributed by atoms with Gasteiger partial charge in [-0.25, -0.2) is 9.97 Å². The molecule has 1 unspecified atom stereocenters. The number of hydrogen-bond donors (Lipinski definition) is 3. The molecule has 1 fully saturated rings. The number of alkyl halides is 3. The first-order chi connectivity index (χ1) is 19.1. The van der Waals surface area contributed by atoms with Crippen LogP contribution in [0.25, 0.3) is 0 Å². The van der Waals surface area contributed by atoms with Crippen LogP contribution in [0.3, 0.4) is 0 Å². The number of halogens is 3. The molecule has 40 heavy (non-hydrogen) atoms. The molecule has 1 saturated heterocycles. The van der Waals surface area contributed by atoms with Crippen LogP contribution in [0.5, 0.6) is 5.75 Å². The van der Waals surface area contributed by atoms with Gasteiger partial charge in [-0.05, 0) is 24.3 Å². The monoisotopic (exact) mass is 579 g/mol. The van der Waals surface area contributed by atoms with E-state index in [1.807, 2.05) is 0 Å². The molecule has 16 heteroatoms. The zero-order valence-electron chi connectivity index (χ0n) is 21.5. The zero-order chi connectivity index (χ0) is 28.9. The number of carbonyl (C=O) groups excluding carboxylic acids is 1. The van der Waals surface area contributed by atoms with E-state index < -0.39 is 28.8 Å². The minimum absolute atomic E-state index is 0.0458. The minimum atomic E-state index is -4.77. The number of benzene rings is 1. The van der Waals surface area contributed by atoms with Gasteiger partial charge in [0.15, 0.2) is 0 Å². The van der Waals surface area contributed by atoms with E-state index in [2.05, 4.69) is 30.9 Å².